The van der Waals surface area contributed by atoms with Crippen molar-refractivity contribution in [3.8, 4) is 16.8 Å². The first-order valence-electron chi connectivity index (χ1n) is 13.6. The molecule has 3 nitrogen and oxygen atoms in total. The van der Waals surface area contributed by atoms with Crippen molar-refractivity contribution in [2.45, 2.75) is 6.92 Å². The molecule has 0 unspecified atom stereocenters. The number of rotatable bonds is 1. The average molecular weight is 527 g/mol. The van der Waals surface area contributed by atoms with Gasteiger partial charge in [-0.15, -0.1) is 11.3 Å². The molecule has 5 aromatic carbocycles. The number of benzene rings is 5. The van der Waals surface area contributed by atoms with Gasteiger partial charge in [-0.05, 0) is 53.8 Å². The summed E-state index contributed by atoms with van der Waals surface area (Å²) in [5.74, 6) is 0. The maximum Gasteiger partial charge on any atom is 0.197 e. The first kappa shape index (κ1) is 21.1. The molecule has 0 bridgehead atoms. The highest BCUT2D eigenvalue weighted by Gasteiger charge is 2.29. The van der Waals surface area contributed by atoms with Gasteiger partial charge in [-0.25, -0.2) is 0 Å². The Hall–Kier alpha value is -4.74. The molecule has 185 valence electrons. The molecule has 1 aliphatic rings. The summed E-state index contributed by atoms with van der Waals surface area (Å²) >= 11 is 1.84. The number of aromatic nitrogens is 2. The number of fused-ring (bicyclic) bond motifs is 12. The van der Waals surface area contributed by atoms with Gasteiger partial charge in [-0.3, -0.25) is 0 Å². The van der Waals surface area contributed by atoms with Crippen LogP contribution in [-0.2, 0) is 0 Å². The largest absolute Gasteiger partial charge is 0.454 e. The van der Waals surface area contributed by atoms with Crippen LogP contribution >= 0.6 is 11.3 Å². The van der Waals surface area contributed by atoms with Crippen molar-refractivity contribution in [2.75, 3.05) is 0 Å². The van der Waals surface area contributed by atoms with Crippen LogP contribution in [0.1, 0.15) is 5.56 Å². The SMILES string of the molecule is Cc1cc(-c2cccc3c2[nH]c2sc4ccccc4c23)c2c(c1)-n1c3c(cccc3c3oc4ccccc4c31)[B]2. The molecule has 1 radical (unpaired) electrons. The van der Waals surface area contributed by atoms with Crippen LogP contribution in [0, 0.1) is 6.92 Å². The molecule has 0 saturated heterocycles. The molecule has 4 aromatic heterocycles. The van der Waals surface area contributed by atoms with Crippen molar-refractivity contribution in [3.63, 3.8) is 0 Å². The predicted molar refractivity (Wildman–Crippen MR) is 170 cm³/mol. The van der Waals surface area contributed by atoms with E-state index in [-0.39, 0.29) is 0 Å². The van der Waals surface area contributed by atoms with E-state index in [4.69, 9.17) is 4.42 Å². The number of aryl methyl sites for hydroxylation is 1. The molecule has 40 heavy (non-hydrogen) atoms. The van der Waals surface area contributed by atoms with Crippen molar-refractivity contribution in [3.05, 3.63) is 103 Å². The number of thiophene rings is 1. The fourth-order valence-corrected chi connectivity index (χ4v) is 8.15. The van der Waals surface area contributed by atoms with Gasteiger partial charge in [0.2, 0.25) is 0 Å². The summed E-state index contributed by atoms with van der Waals surface area (Å²) in [7, 11) is 2.37. The van der Waals surface area contributed by atoms with E-state index in [2.05, 4.69) is 115 Å². The zero-order valence-corrected chi connectivity index (χ0v) is 22.4. The first-order valence-corrected chi connectivity index (χ1v) is 14.4. The van der Waals surface area contributed by atoms with Gasteiger partial charge < -0.3 is 14.0 Å². The molecule has 5 heterocycles. The van der Waals surface area contributed by atoms with E-state index >= 15 is 0 Å². The van der Waals surface area contributed by atoms with Crippen LogP contribution in [0.5, 0.6) is 0 Å². The first-order chi connectivity index (χ1) is 19.7. The van der Waals surface area contributed by atoms with Gasteiger partial charge in [0.1, 0.15) is 15.9 Å². The summed E-state index contributed by atoms with van der Waals surface area (Å²) in [5, 5.41) is 6.23. The summed E-state index contributed by atoms with van der Waals surface area (Å²) in [5.41, 5.74) is 12.8. The molecule has 0 atom stereocenters. The van der Waals surface area contributed by atoms with E-state index in [9.17, 15) is 0 Å². The Morgan fingerprint density at radius 2 is 1.55 bits per heavy atom. The van der Waals surface area contributed by atoms with Gasteiger partial charge in [0.25, 0.3) is 0 Å². The Morgan fingerprint density at radius 1 is 0.750 bits per heavy atom. The van der Waals surface area contributed by atoms with Crippen LogP contribution in [0.4, 0.5) is 0 Å². The van der Waals surface area contributed by atoms with Crippen molar-refractivity contribution < 1.29 is 4.42 Å². The number of nitrogens with zero attached hydrogens (tertiary/aromatic N) is 1. The summed E-state index contributed by atoms with van der Waals surface area (Å²) in [6.07, 6.45) is 0. The fraction of sp³-hybridized carbons (Fsp3) is 0.0286. The second-order valence-corrected chi connectivity index (χ2v) is 12.0. The van der Waals surface area contributed by atoms with Crippen LogP contribution in [0.3, 0.4) is 0 Å². The molecular formula is C35H20BN2OS. The summed E-state index contributed by atoms with van der Waals surface area (Å²) < 4.78 is 10.2. The number of H-pyrrole nitrogens is 1. The van der Waals surface area contributed by atoms with Gasteiger partial charge in [0, 0.05) is 42.9 Å². The normalized spacial score (nSPS) is 12.8. The maximum absolute atomic E-state index is 6.47. The van der Waals surface area contributed by atoms with Crippen LogP contribution in [-0.4, -0.2) is 16.8 Å². The zero-order chi connectivity index (χ0) is 26.1. The van der Waals surface area contributed by atoms with Crippen molar-refractivity contribution in [1.82, 2.24) is 9.55 Å². The molecule has 0 amide bonds. The van der Waals surface area contributed by atoms with E-state index < -0.39 is 0 Å². The third-order valence-electron chi connectivity index (χ3n) is 8.63. The third kappa shape index (κ3) is 2.52. The summed E-state index contributed by atoms with van der Waals surface area (Å²) in [6.45, 7) is 2.20. The minimum Gasteiger partial charge on any atom is -0.454 e. The maximum atomic E-state index is 6.47. The lowest BCUT2D eigenvalue weighted by Gasteiger charge is -2.24. The molecule has 9 aromatic rings. The molecule has 0 spiro atoms. The molecule has 1 N–H and O–H groups in total. The second-order valence-electron chi connectivity index (χ2n) is 10.9. The molecule has 10 rings (SSSR count). The Bertz CT molecular complexity index is 2540. The van der Waals surface area contributed by atoms with Crippen molar-refractivity contribution in [2.24, 2.45) is 0 Å². The smallest absolute Gasteiger partial charge is 0.197 e. The highest BCUT2D eigenvalue weighted by atomic mass is 32.1. The van der Waals surface area contributed by atoms with Gasteiger partial charge in [-0.1, -0.05) is 72.2 Å². The quantitative estimate of drug-likeness (QED) is 0.214. The van der Waals surface area contributed by atoms with Gasteiger partial charge in [-0.2, -0.15) is 0 Å². The van der Waals surface area contributed by atoms with Crippen molar-refractivity contribution >= 4 is 93.7 Å². The number of aromatic amines is 1. The Morgan fingerprint density at radius 3 is 2.50 bits per heavy atom. The second kappa shape index (κ2) is 7.26. The third-order valence-corrected chi connectivity index (χ3v) is 9.72. The van der Waals surface area contributed by atoms with Crippen LogP contribution in [0.25, 0.3) is 81.0 Å². The minimum absolute atomic E-state index is 0.927. The number of hydrogen-bond donors (Lipinski definition) is 1. The number of furan rings is 1. The lowest BCUT2D eigenvalue weighted by molar-refractivity contribution is 0.673. The monoisotopic (exact) mass is 527 g/mol. The minimum atomic E-state index is 0.927. The van der Waals surface area contributed by atoms with Crippen LogP contribution in [0.15, 0.2) is 101 Å². The molecule has 0 fully saturated rings. The Labute approximate surface area is 233 Å². The molecule has 0 aliphatic carbocycles. The number of hydrogen-bond acceptors (Lipinski definition) is 2. The lowest BCUT2D eigenvalue weighted by Crippen LogP contribution is -2.37. The fourth-order valence-electron chi connectivity index (χ4n) is 7.03. The van der Waals surface area contributed by atoms with Crippen molar-refractivity contribution in [1.29, 1.82) is 0 Å². The van der Waals surface area contributed by atoms with Crippen LogP contribution < -0.4 is 10.9 Å². The Kier molecular flexibility index (Phi) is 3.84. The van der Waals surface area contributed by atoms with Gasteiger partial charge >= 0.3 is 0 Å². The van der Waals surface area contributed by atoms with Gasteiger partial charge in [0.15, 0.2) is 12.9 Å². The van der Waals surface area contributed by atoms with E-state index in [1.807, 2.05) is 17.4 Å². The van der Waals surface area contributed by atoms with E-state index in [1.54, 1.807) is 0 Å². The summed E-state index contributed by atoms with van der Waals surface area (Å²) in [4.78, 5) is 5.06. The lowest BCUT2D eigenvalue weighted by atomic mass is 9.59. The number of para-hydroxylation sites is 3. The summed E-state index contributed by atoms with van der Waals surface area (Å²) in [6, 6.07) is 35.1. The Balaban J connectivity index is 1.33. The molecule has 0 saturated carbocycles. The highest BCUT2D eigenvalue weighted by molar-refractivity contribution is 7.25. The standard InChI is InChI=1S/C35H20BN2OS/c1-18-16-24(19-10-6-11-22-29-21-9-3-5-15-28(21)40-35(29)37-31(19)22)30-26(17-18)38-32-23(12-7-13-25(32)36-30)34-33(38)20-8-2-4-14-27(20)39-34/h2-17,37H,1H3. The molecular weight excluding hydrogens is 507 g/mol. The van der Waals surface area contributed by atoms with Gasteiger partial charge in [0.05, 0.1) is 11.0 Å². The topological polar surface area (TPSA) is 33.9 Å². The average Bonchev–Trinajstić information content (AvgIpc) is 3.71. The predicted octanol–water partition coefficient (Wildman–Crippen LogP) is 8.32. The molecule has 1 aliphatic heterocycles. The molecule has 5 heteroatoms. The zero-order valence-electron chi connectivity index (χ0n) is 21.6. The number of nitrogens with one attached hydrogen (secondary N) is 1. The van der Waals surface area contributed by atoms with E-state index in [0.717, 1.165) is 27.5 Å². The highest BCUT2D eigenvalue weighted by Crippen LogP contribution is 2.43. The van der Waals surface area contributed by atoms with Crippen LogP contribution in [0.2, 0.25) is 0 Å². The van der Waals surface area contributed by atoms with E-state index in [0.29, 0.717) is 0 Å². The van der Waals surface area contributed by atoms with E-state index in [1.165, 1.54) is 70.0 Å².